The third kappa shape index (κ3) is 6.14. The standard InChI is InChI=1S/C26H20Cl2N2O4S/c27-24-16-13-20(17-25(24)28)30(35(32,33)23-9-5-2-6-10-23)18-26(31)29-19-11-14-22(15-12-19)34-21-7-3-1-4-8-21/h1-17H,18H2,(H,29,31). The van der Waals surface area contributed by atoms with E-state index >= 15 is 0 Å². The number of hydrogen-bond acceptors (Lipinski definition) is 4. The normalized spacial score (nSPS) is 11.0. The first kappa shape index (κ1) is 24.6. The lowest BCUT2D eigenvalue weighted by atomic mass is 10.3. The number of nitrogens with one attached hydrogen (secondary N) is 1. The van der Waals surface area contributed by atoms with Crippen LogP contribution < -0.4 is 14.4 Å². The van der Waals surface area contributed by atoms with Crippen LogP contribution in [0.2, 0.25) is 10.0 Å². The Labute approximate surface area is 213 Å². The summed E-state index contributed by atoms with van der Waals surface area (Å²) >= 11 is 12.1. The van der Waals surface area contributed by atoms with Gasteiger partial charge in [-0.15, -0.1) is 0 Å². The van der Waals surface area contributed by atoms with Gasteiger partial charge >= 0.3 is 0 Å². The zero-order valence-electron chi connectivity index (χ0n) is 18.3. The first-order chi connectivity index (χ1) is 16.8. The average molecular weight is 527 g/mol. The van der Waals surface area contributed by atoms with Crippen LogP contribution in [0.1, 0.15) is 0 Å². The van der Waals surface area contributed by atoms with Crippen LogP contribution in [0.25, 0.3) is 0 Å². The minimum Gasteiger partial charge on any atom is -0.457 e. The van der Waals surface area contributed by atoms with Crippen LogP contribution in [0.3, 0.4) is 0 Å². The summed E-state index contributed by atoms with van der Waals surface area (Å²) < 4.78 is 33.5. The van der Waals surface area contributed by atoms with Gasteiger partial charge in [-0.25, -0.2) is 8.42 Å². The number of para-hydroxylation sites is 1. The summed E-state index contributed by atoms with van der Waals surface area (Å²) in [5.41, 5.74) is 0.701. The minimum atomic E-state index is -4.06. The molecule has 35 heavy (non-hydrogen) atoms. The largest absolute Gasteiger partial charge is 0.457 e. The summed E-state index contributed by atoms with van der Waals surface area (Å²) in [5.74, 6) is 0.748. The fourth-order valence-corrected chi connectivity index (χ4v) is 4.96. The minimum absolute atomic E-state index is 0.0429. The number of hydrogen-bond donors (Lipinski definition) is 1. The van der Waals surface area contributed by atoms with Crippen molar-refractivity contribution in [2.75, 3.05) is 16.2 Å². The molecule has 0 aliphatic carbocycles. The zero-order valence-corrected chi connectivity index (χ0v) is 20.6. The molecule has 0 unspecified atom stereocenters. The number of benzene rings is 4. The molecule has 0 atom stereocenters. The number of nitrogens with zero attached hydrogens (tertiary/aromatic N) is 1. The molecular weight excluding hydrogens is 507 g/mol. The lowest BCUT2D eigenvalue weighted by molar-refractivity contribution is -0.114. The van der Waals surface area contributed by atoms with E-state index in [1.54, 1.807) is 42.5 Å². The lowest BCUT2D eigenvalue weighted by Gasteiger charge is -2.24. The Bertz CT molecular complexity index is 1420. The molecule has 1 amide bonds. The van der Waals surface area contributed by atoms with Crippen molar-refractivity contribution in [3.8, 4) is 11.5 Å². The van der Waals surface area contributed by atoms with E-state index in [0.29, 0.717) is 17.2 Å². The first-order valence-electron chi connectivity index (χ1n) is 10.5. The number of sulfonamides is 1. The molecule has 0 bridgehead atoms. The maximum Gasteiger partial charge on any atom is 0.264 e. The van der Waals surface area contributed by atoms with Gasteiger partial charge in [0, 0.05) is 5.69 Å². The molecule has 0 heterocycles. The van der Waals surface area contributed by atoms with E-state index in [2.05, 4.69) is 5.32 Å². The fourth-order valence-electron chi connectivity index (χ4n) is 3.24. The molecule has 0 spiro atoms. The van der Waals surface area contributed by atoms with E-state index in [4.69, 9.17) is 27.9 Å². The zero-order chi connectivity index (χ0) is 24.8. The van der Waals surface area contributed by atoms with Gasteiger partial charge < -0.3 is 10.1 Å². The van der Waals surface area contributed by atoms with Crippen LogP contribution in [0.15, 0.2) is 108 Å². The molecular formula is C26H20Cl2N2O4S. The highest BCUT2D eigenvalue weighted by Gasteiger charge is 2.27. The molecule has 1 N–H and O–H groups in total. The van der Waals surface area contributed by atoms with Crippen LogP contribution >= 0.6 is 23.2 Å². The predicted molar refractivity (Wildman–Crippen MR) is 139 cm³/mol. The van der Waals surface area contributed by atoms with Gasteiger partial charge in [0.15, 0.2) is 0 Å². The van der Waals surface area contributed by atoms with Gasteiger partial charge in [-0.3, -0.25) is 9.10 Å². The van der Waals surface area contributed by atoms with Crippen molar-refractivity contribution in [2.45, 2.75) is 4.90 Å². The summed E-state index contributed by atoms with van der Waals surface area (Å²) in [5, 5.41) is 3.17. The van der Waals surface area contributed by atoms with Crippen molar-refractivity contribution in [1.29, 1.82) is 0 Å². The van der Waals surface area contributed by atoms with Crippen molar-refractivity contribution in [2.24, 2.45) is 0 Å². The molecule has 0 saturated carbocycles. The third-order valence-electron chi connectivity index (χ3n) is 4.93. The van der Waals surface area contributed by atoms with Crippen LogP contribution in [0.5, 0.6) is 11.5 Å². The predicted octanol–water partition coefficient (Wildman–Crippen LogP) is 6.62. The van der Waals surface area contributed by atoms with Crippen molar-refractivity contribution in [3.63, 3.8) is 0 Å². The Morgan fingerprint density at radius 3 is 2.00 bits per heavy atom. The highest BCUT2D eigenvalue weighted by Crippen LogP contribution is 2.30. The summed E-state index contributed by atoms with van der Waals surface area (Å²) in [6.07, 6.45) is 0. The maximum atomic E-state index is 13.4. The smallest absolute Gasteiger partial charge is 0.264 e. The summed E-state index contributed by atoms with van der Waals surface area (Å²) in [4.78, 5) is 12.9. The van der Waals surface area contributed by atoms with E-state index in [0.717, 1.165) is 4.31 Å². The van der Waals surface area contributed by atoms with Gasteiger partial charge in [0.05, 0.1) is 20.6 Å². The van der Waals surface area contributed by atoms with E-state index < -0.39 is 22.5 Å². The molecule has 0 aromatic heterocycles. The second-order valence-electron chi connectivity index (χ2n) is 7.41. The molecule has 4 aromatic rings. The molecule has 9 heteroatoms. The van der Waals surface area contributed by atoms with Crippen molar-refractivity contribution >= 4 is 50.5 Å². The Kier molecular flexibility index (Phi) is 7.60. The molecule has 0 radical (unpaired) electrons. The number of ether oxygens (including phenoxy) is 1. The van der Waals surface area contributed by atoms with E-state index in [1.165, 1.54) is 30.3 Å². The number of amides is 1. The van der Waals surface area contributed by atoms with Crippen molar-refractivity contribution in [1.82, 2.24) is 0 Å². The summed E-state index contributed by atoms with van der Waals surface area (Å²) in [7, 11) is -4.06. The Morgan fingerprint density at radius 2 is 1.37 bits per heavy atom. The molecule has 4 rings (SSSR count). The lowest BCUT2D eigenvalue weighted by Crippen LogP contribution is -2.38. The number of rotatable bonds is 8. The second kappa shape index (κ2) is 10.8. The topological polar surface area (TPSA) is 75.7 Å². The van der Waals surface area contributed by atoms with Crippen molar-refractivity contribution in [3.05, 3.63) is 113 Å². The van der Waals surface area contributed by atoms with Gasteiger partial charge in [-0.2, -0.15) is 0 Å². The van der Waals surface area contributed by atoms with E-state index in [9.17, 15) is 13.2 Å². The molecule has 4 aromatic carbocycles. The SMILES string of the molecule is O=C(CN(c1ccc(Cl)c(Cl)c1)S(=O)(=O)c1ccccc1)Nc1ccc(Oc2ccccc2)cc1. The Morgan fingerprint density at radius 1 is 0.771 bits per heavy atom. The highest BCUT2D eigenvalue weighted by atomic mass is 35.5. The summed E-state index contributed by atoms with van der Waals surface area (Å²) in [6.45, 7) is -0.475. The molecule has 0 aliphatic rings. The highest BCUT2D eigenvalue weighted by molar-refractivity contribution is 7.92. The molecule has 0 saturated heterocycles. The van der Waals surface area contributed by atoms with Gasteiger partial charge in [-0.05, 0) is 66.7 Å². The second-order valence-corrected chi connectivity index (χ2v) is 10.1. The maximum absolute atomic E-state index is 13.4. The van der Waals surface area contributed by atoms with Gasteiger partial charge in [0.25, 0.3) is 10.0 Å². The third-order valence-corrected chi connectivity index (χ3v) is 7.45. The van der Waals surface area contributed by atoms with Crippen LogP contribution in [0.4, 0.5) is 11.4 Å². The number of anilines is 2. The number of carbonyl (C=O) groups excluding carboxylic acids is 1. The van der Waals surface area contributed by atoms with Crippen LogP contribution in [0, 0.1) is 0 Å². The number of halogens is 2. The van der Waals surface area contributed by atoms with E-state index in [1.807, 2.05) is 30.3 Å². The van der Waals surface area contributed by atoms with Crippen LogP contribution in [-0.4, -0.2) is 20.9 Å². The van der Waals surface area contributed by atoms with Gasteiger partial charge in [-0.1, -0.05) is 59.6 Å². The van der Waals surface area contributed by atoms with E-state index in [-0.39, 0.29) is 20.6 Å². The fraction of sp³-hybridized carbons (Fsp3) is 0.0385. The van der Waals surface area contributed by atoms with Gasteiger partial charge in [0.2, 0.25) is 5.91 Å². The molecule has 178 valence electrons. The first-order valence-corrected chi connectivity index (χ1v) is 12.7. The molecule has 0 fully saturated rings. The average Bonchev–Trinajstić information content (AvgIpc) is 2.87. The quantitative estimate of drug-likeness (QED) is 0.280. The van der Waals surface area contributed by atoms with Gasteiger partial charge in [0.1, 0.15) is 18.0 Å². The number of carbonyl (C=O) groups is 1. The van der Waals surface area contributed by atoms with Crippen LogP contribution in [-0.2, 0) is 14.8 Å². The molecule has 6 nitrogen and oxygen atoms in total. The van der Waals surface area contributed by atoms with Crippen molar-refractivity contribution < 1.29 is 17.9 Å². The monoisotopic (exact) mass is 526 g/mol. The Hall–Kier alpha value is -3.52. The molecule has 0 aliphatic heterocycles. The Balaban J connectivity index is 1.54. The summed E-state index contributed by atoms with van der Waals surface area (Å²) in [6, 6.07) is 28.3.